The van der Waals surface area contributed by atoms with Crippen LogP contribution in [0.5, 0.6) is 0 Å². The number of hydrogen-bond acceptors (Lipinski definition) is 3. The Kier molecular flexibility index (Phi) is 4.12. The molecule has 2 N–H and O–H groups in total. The minimum Gasteiger partial charge on any atom is -0.330 e. The Hall–Kier alpha value is -2.72. The monoisotopic (exact) mass is 291 g/mol. The summed E-state index contributed by atoms with van der Waals surface area (Å²) >= 11 is 0. The lowest BCUT2D eigenvalue weighted by atomic mass is 10.2. The molecule has 0 amide bonds. The van der Waals surface area contributed by atoms with E-state index >= 15 is 0 Å². The molecule has 0 fully saturated rings. The van der Waals surface area contributed by atoms with E-state index in [9.17, 15) is 4.79 Å². The molecule has 0 spiro atoms. The van der Waals surface area contributed by atoms with Crippen molar-refractivity contribution in [2.45, 2.75) is 6.42 Å². The van der Waals surface area contributed by atoms with E-state index in [2.05, 4.69) is 4.98 Å². The number of imidazole rings is 1. The van der Waals surface area contributed by atoms with Crippen LogP contribution in [-0.4, -0.2) is 22.0 Å². The van der Waals surface area contributed by atoms with E-state index < -0.39 is 0 Å². The molecule has 4 heteroatoms. The summed E-state index contributed by atoms with van der Waals surface area (Å²) in [7, 11) is 0. The van der Waals surface area contributed by atoms with Gasteiger partial charge in [-0.2, -0.15) is 0 Å². The largest absolute Gasteiger partial charge is 0.330 e. The van der Waals surface area contributed by atoms with E-state index in [1.807, 2.05) is 48.5 Å². The number of carbonyl (C=O) groups excluding carboxylic acids is 1. The van der Waals surface area contributed by atoms with Crippen LogP contribution in [0.4, 0.5) is 0 Å². The SMILES string of the molecule is NCCc1cn(C(=O)c2ccccc2)c(-c2ccccc2)n1. The highest BCUT2D eigenvalue weighted by Crippen LogP contribution is 2.20. The zero-order valence-electron chi connectivity index (χ0n) is 12.1. The lowest BCUT2D eigenvalue weighted by molar-refractivity contribution is 0.0961. The first-order valence-corrected chi connectivity index (χ1v) is 7.23. The Morgan fingerprint density at radius 1 is 1.00 bits per heavy atom. The van der Waals surface area contributed by atoms with Gasteiger partial charge in [0.2, 0.25) is 0 Å². The lowest BCUT2D eigenvalue weighted by Crippen LogP contribution is -2.12. The summed E-state index contributed by atoms with van der Waals surface area (Å²) in [5, 5.41) is 0. The van der Waals surface area contributed by atoms with E-state index in [-0.39, 0.29) is 5.91 Å². The molecule has 4 nitrogen and oxygen atoms in total. The Balaban J connectivity index is 2.08. The number of benzene rings is 2. The number of aromatic nitrogens is 2. The Morgan fingerprint density at radius 2 is 1.64 bits per heavy atom. The zero-order chi connectivity index (χ0) is 15.4. The van der Waals surface area contributed by atoms with Crippen molar-refractivity contribution >= 4 is 5.91 Å². The van der Waals surface area contributed by atoms with Crippen LogP contribution in [0.25, 0.3) is 11.4 Å². The van der Waals surface area contributed by atoms with Gasteiger partial charge in [-0.25, -0.2) is 4.98 Å². The molecule has 110 valence electrons. The first-order valence-electron chi connectivity index (χ1n) is 7.23. The van der Waals surface area contributed by atoms with Gasteiger partial charge in [0.25, 0.3) is 5.91 Å². The first-order chi connectivity index (χ1) is 10.8. The molecule has 3 rings (SSSR count). The molecule has 1 heterocycles. The minimum atomic E-state index is -0.0878. The third-order valence-corrected chi connectivity index (χ3v) is 3.43. The topological polar surface area (TPSA) is 60.9 Å². The number of nitrogens with zero attached hydrogens (tertiary/aromatic N) is 2. The summed E-state index contributed by atoms with van der Waals surface area (Å²) in [5.74, 6) is 0.563. The molecule has 0 unspecified atom stereocenters. The van der Waals surface area contributed by atoms with Gasteiger partial charge in [0, 0.05) is 23.7 Å². The first kappa shape index (κ1) is 14.2. The van der Waals surface area contributed by atoms with Gasteiger partial charge >= 0.3 is 0 Å². The number of rotatable bonds is 4. The van der Waals surface area contributed by atoms with Gasteiger partial charge in [0.05, 0.1) is 5.69 Å². The van der Waals surface area contributed by atoms with Crippen LogP contribution in [0.15, 0.2) is 66.9 Å². The lowest BCUT2D eigenvalue weighted by Gasteiger charge is -2.06. The molecule has 0 aliphatic carbocycles. The van der Waals surface area contributed by atoms with Gasteiger partial charge in [0.15, 0.2) is 0 Å². The van der Waals surface area contributed by atoms with Crippen molar-refractivity contribution in [1.29, 1.82) is 0 Å². The quantitative estimate of drug-likeness (QED) is 0.804. The minimum absolute atomic E-state index is 0.0878. The Bertz CT molecular complexity index is 764. The highest BCUT2D eigenvalue weighted by Gasteiger charge is 2.16. The maximum Gasteiger partial charge on any atom is 0.263 e. The van der Waals surface area contributed by atoms with Crippen LogP contribution in [-0.2, 0) is 6.42 Å². The Labute approximate surface area is 129 Å². The average Bonchev–Trinajstić information content (AvgIpc) is 3.00. The fourth-order valence-electron chi connectivity index (χ4n) is 2.36. The van der Waals surface area contributed by atoms with E-state index in [4.69, 9.17) is 5.73 Å². The molecule has 3 aromatic rings. The summed E-state index contributed by atoms with van der Waals surface area (Å²) in [6, 6.07) is 18.9. The Morgan fingerprint density at radius 3 is 2.27 bits per heavy atom. The van der Waals surface area contributed by atoms with Crippen LogP contribution >= 0.6 is 0 Å². The second kappa shape index (κ2) is 6.37. The van der Waals surface area contributed by atoms with Gasteiger partial charge in [-0.05, 0) is 18.7 Å². The third kappa shape index (κ3) is 2.82. The van der Waals surface area contributed by atoms with Gasteiger partial charge in [-0.3, -0.25) is 9.36 Å². The maximum atomic E-state index is 12.7. The van der Waals surface area contributed by atoms with Crippen molar-refractivity contribution in [2.24, 2.45) is 5.73 Å². The standard InChI is InChI=1S/C18H17N3O/c19-12-11-16-13-21(18(22)15-9-5-2-6-10-15)17(20-16)14-7-3-1-4-8-14/h1-10,13H,11-12,19H2. The molecule has 0 radical (unpaired) electrons. The van der Waals surface area contributed by atoms with Crippen molar-refractivity contribution in [2.75, 3.05) is 6.54 Å². The van der Waals surface area contributed by atoms with Crippen LogP contribution in [0.3, 0.4) is 0 Å². The zero-order valence-corrected chi connectivity index (χ0v) is 12.1. The van der Waals surface area contributed by atoms with E-state index in [1.165, 1.54) is 0 Å². The highest BCUT2D eigenvalue weighted by atomic mass is 16.2. The molecule has 0 saturated carbocycles. The molecule has 0 atom stereocenters. The predicted octanol–water partition coefficient (Wildman–Crippen LogP) is 2.74. The molecule has 22 heavy (non-hydrogen) atoms. The van der Waals surface area contributed by atoms with E-state index in [0.29, 0.717) is 24.4 Å². The van der Waals surface area contributed by atoms with Crippen LogP contribution < -0.4 is 5.73 Å². The van der Waals surface area contributed by atoms with Crippen LogP contribution in [0, 0.1) is 0 Å². The van der Waals surface area contributed by atoms with Gasteiger partial charge < -0.3 is 5.73 Å². The van der Waals surface area contributed by atoms with Gasteiger partial charge in [-0.15, -0.1) is 0 Å². The second-order valence-electron chi connectivity index (χ2n) is 5.00. The fourth-order valence-corrected chi connectivity index (χ4v) is 2.36. The van der Waals surface area contributed by atoms with Crippen molar-refractivity contribution < 1.29 is 4.79 Å². The van der Waals surface area contributed by atoms with Crippen molar-refractivity contribution in [1.82, 2.24) is 9.55 Å². The normalized spacial score (nSPS) is 10.6. The summed E-state index contributed by atoms with van der Waals surface area (Å²) in [6.07, 6.45) is 2.43. The maximum absolute atomic E-state index is 12.7. The molecular formula is C18H17N3O. The van der Waals surface area contributed by atoms with E-state index in [1.54, 1.807) is 22.9 Å². The van der Waals surface area contributed by atoms with Crippen LogP contribution in [0.2, 0.25) is 0 Å². The molecule has 0 aliphatic rings. The number of carbonyl (C=O) groups is 1. The predicted molar refractivity (Wildman–Crippen MR) is 86.6 cm³/mol. The summed E-state index contributed by atoms with van der Waals surface area (Å²) in [5.41, 5.74) is 7.98. The number of nitrogens with two attached hydrogens (primary N) is 1. The van der Waals surface area contributed by atoms with Crippen molar-refractivity contribution in [3.63, 3.8) is 0 Å². The van der Waals surface area contributed by atoms with Gasteiger partial charge in [0.1, 0.15) is 5.82 Å². The summed E-state index contributed by atoms with van der Waals surface area (Å²) in [6.45, 7) is 0.505. The molecule has 0 saturated heterocycles. The molecule has 0 aliphatic heterocycles. The van der Waals surface area contributed by atoms with Crippen molar-refractivity contribution in [3.05, 3.63) is 78.1 Å². The average molecular weight is 291 g/mol. The second-order valence-corrected chi connectivity index (χ2v) is 5.00. The van der Waals surface area contributed by atoms with Gasteiger partial charge in [-0.1, -0.05) is 48.5 Å². The highest BCUT2D eigenvalue weighted by molar-refractivity contribution is 5.98. The van der Waals surface area contributed by atoms with Crippen LogP contribution in [0.1, 0.15) is 16.1 Å². The third-order valence-electron chi connectivity index (χ3n) is 3.43. The fraction of sp³-hybridized carbons (Fsp3) is 0.111. The van der Waals surface area contributed by atoms with Crippen molar-refractivity contribution in [3.8, 4) is 11.4 Å². The number of hydrogen-bond donors (Lipinski definition) is 1. The molecular weight excluding hydrogens is 274 g/mol. The summed E-state index contributed by atoms with van der Waals surface area (Å²) < 4.78 is 1.61. The molecule has 2 aromatic carbocycles. The van der Waals surface area contributed by atoms with E-state index in [0.717, 1.165) is 11.3 Å². The molecule has 0 bridgehead atoms. The smallest absolute Gasteiger partial charge is 0.263 e. The molecule has 1 aromatic heterocycles. The summed E-state index contributed by atoms with van der Waals surface area (Å²) in [4.78, 5) is 17.3.